The van der Waals surface area contributed by atoms with E-state index < -0.39 is 10.0 Å². The van der Waals surface area contributed by atoms with Gasteiger partial charge in [-0.15, -0.1) is 0 Å². The van der Waals surface area contributed by atoms with Crippen LogP contribution in [0.1, 0.15) is 31.2 Å². The van der Waals surface area contributed by atoms with Crippen LogP contribution >= 0.6 is 0 Å². The maximum absolute atomic E-state index is 12.7. The zero-order valence-electron chi connectivity index (χ0n) is 14.2. The van der Waals surface area contributed by atoms with E-state index in [0.29, 0.717) is 5.92 Å². The first-order valence-corrected chi connectivity index (χ1v) is 10.4. The third-order valence-corrected chi connectivity index (χ3v) is 7.99. The third-order valence-electron chi connectivity index (χ3n) is 5.58. The lowest BCUT2D eigenvalue weighted by atomic mass is 9.97. The Morgan fingerprint density at radius 1 is 1.04 bits per heavy atom. The Morgan fingerprint density at radius 2 is 1.79 bits per heavy atom. The molecule has 5 rings (SSSR count). The Bertz CT molecular complexity index is 685. The molecule has 0 aromatic heterocycles. The summed E-state index contributed by atoms with van der Waals surface area (Å²) in [6.07, 6.45) is 3.87. The van der Waals surface area contributed by atoms with Crippen molar-refractivity contribution in [1.82, 2.24) is 9.21 Å². The maximum atomic E-state index is 12.7. The minimum atomic E-state index is -3.06. The number of nitrogens with zero attached hydrogens (tertiary/aromatic N) is 2. The monoisotopic (exact) mass is 350 g/mol. The van der Waals surface area contributed by atoms with E-state index in [4.69, 9.17) is 4.74 Å². The highest BCUT2D eigenvalue weighted by molar-refractivity contribution is 7.90. The van der Waals surface area contributed by atoms with Gasteiger partial charge in [0.2, 0.25) is 10.0 Å². The molecule has 0 unspecified atom stereocenters. The van der Waals surface area contributed by atoms with Crippen molar-refractivity contribution in [2.45, 2.75) is 43.5 Å². The average Bonchev–Trinajstić information content (AvgIpc) is 3.43. The Hall–Kier alpha value is -1.11. The number of benzene rings is 1. The van der Waals surface area contributed by atoms with Crippen molar-refractivity contribution in [3.8, 4) is 5.75 Å². The second kappa shape index (κ2) is 6.32. The van der Waals surface area contributed by atoms with E-state index in [2.05, 4.69) is 17.0 Å². The standard InChI is InChI=1S/C18H26N2O3S/c1-23-17-6-3-14(4-7-17)10-19-11-15-2-5-16(13-19)20(12-15)24(21,22)18-8-9-18/h3-4,6-7,15-16,18H,2,5,8-13H2,1H3/t15-,16+/m1/s1. The van der Waals surface area contributed by atoms with Crippen LogP contribution in [0, 0.1) is 5.92 Å². The van der Waals surface area contributed by atoms with Gasteiger partial charge in [0.05, 0.1) is 12.4 Å². The molecule has 1 aromatic rings. The molecule has 1 aromatic carbocycles. The van der Waals surface area contributed by atoms with Crippen molar-refractivity contribution in [2.75, 3.05) is 26.7 Å². The number of hydrogen-bond acceptors (Lipinski definition) is 4. The third kappa shape index (κ3) is 3.19. The van der Waals surface area contributed by atoms with E-state index in [-0.39, 0.29) is 11.3 Å². The van der Waals surface area contributed by atoms with Gasteiger partial charge < -0.3 is 4.74 Å². The number of ether oxygens (including phenoxy) is 1. The number of fused-ring (bicyclic) bond motifs is 4. The van der Waals surface area contributed by atoms with Crippen LogP contribution in [0.5, 0.6) is 5.75 Å². The number of rotatable bonds is 5. The molecule has 6 heteroatoms. The molecule has 0 amide bonds. The molecule has 3 aliphatic heterocycles. The van der Waals surface area contributed by atoms with Crippen LogP contribution in [0.4, 0.5) is 0 Å². The lowest BCUT2D eigenvalue weighted by Gasteiger charge is -2.35. The number of sulfonamides is 1. The second-order valence-electron chi connectivity index (χ2n) is 7.45. The highest BCUT2D eigenvalue weighted by atomic mass is 32.2. The van der Waals surface area contributed by atoms with E-state index in [9.17, 15) is 8.42 Å². The predicted molar refractivity (Wildman–Crippen MR) is 93.4 cm³/mol. The van der Waals surface area contributed by atoms with Crippen molar-refractivity contribution in [3.63, 3.8) is 0 Å². The fraction of sp³-hybridized carbons (Fsp3) is 0.667. The SMILES string of the molecule is COc1ccc(CN2C[C@H]3CC[C@@H](C2)N(S(=O)(=O)C2CC2)C3)cc1. The molecule has 3 saturated heterocycles. The quantitative estimate of drug-likeness (QED) is 0.816. The molecule has 4 aliphatic rings. The van der Waals surface area contributed by atoms with Gasteiger partial charge in [-0.2, -0.15) is 4.31 Å². The fourth-order valence-electron chi connectivity index (χ4n) is 4.12. The highest BCUT2D eigenvalue weighted by Gasteiger charge is 2.46. The van der Waals surface area contributed by atoms with Crippen LogP contribution in [0.15, 0.2) is 24.3 Å². The topological polar surface area (TPSA) is 49.9 Å². The van der Waals surface area contributed by atoms with Crippen LogP contribution in [-0.2, 0) is 16.6 Å². The first kappa shape index (κ1) is 16.4. The van der Waals surface area contributed by atoms with Crippen LogP contribution in [0.2, 0.25) is 0 Å². The average molecular weight is 350 g/mol. The summed E-state index contributed by atoms with van der Waals surface area (Å²) in [6, 6.07) is 8.35. The van der Waals surface area contributed by atoms with E-state index in [1.165, 1.54) is 5.56 Å². The van der Waals surface area contributed by atoms with Gasteiger partial charge in [-0.05, 0) is 49.3 Å². The van der Waals surface area contributed by atoms with Crippen LogP contribution in [0.25, 0.3) is 0 Å². The van der Waals surface area contributed by atoms with Gasteiger partial charge in [0.15, 0.2) is 0 Å². The summed E-state index contributed by atoms with van der Waals surface area (Å²) in [5.74, 6) is 1.34. The van der Waals surface area contributed by atoms with Crippen LogP contribution in [0.3, 0.4) is 0 Å². The molecule has 24 heavy (non-hydrogen) atoms. The van der Waals surface area contributed by atoms with Gasteiger partial charge in [-0.3, -0.25) is 4.90 Å². The van der Waals surface area contributed by atoms with Gasteiger partial charge in [0.25, 0.3) is 0 Å². The molecule has 0 spiro atoms. The number of piperidine rings is 1. The van der Waals surface area contributed by atoms with Crippen LogP contribution in [-0.4, -0.2) is 55.7 Å². The molecule has 1 saturated carbocycles. The largest absolute Gasteiger partial charge is 0.497 e. The molecule has 2 bridgehead atoms. The number of hydrogen-bond donors (Lipinski definition) is 0. The molecular formula is C18H26N2O3S. The first-order valence-electron chi connectivity index (χ1n) is 8.92. The van der Waals surface area contributed by atoms with Gasteiger partial charge in [0.1, 0.15) is 5.75 Å². The Labute approximate surface area is 144 Å². The van der Waals surface area contributed by atoms with Crippen LogP contribution < -0.4 is 4.74 Å². The van der Waals surface area contributed by atoms with Crippen molar-refractivity contribution < 1.29 is 13.2 Å². The molecule has 2 atom stereocenters. The summed E-state index contributed by atoms with van der Waals surface area (Å²) < 4.78 is 32.5. The Balaban J connectivity index is 1.47. The van der Waals surface area contributed by atoms with Gasteiger partial charge in [-0.25, -0.2) is 8.42 Å². The van der Waals surface area contributed by atoms with Crippen molar-refractivity contribution in [1.29, 1.82) is 0 Å². The second-order valence-corrected chi connectivity index (χ2v) is 9.62. The van der Waals surface area contributed by atoms with Gasteiger partial charge in [-0.1, -0.05) is 12.1 Å². The predicted octanol–water partition coefficient (Wildman–Crippen LogP) is 2.08. The summed E-state index contributed by atoms with van der Waals surface area (Å²) >= 11 is 0. The molecule has 1 aliphatic carbocycles. The molecule has 0 N–H and O–H groups in total. The summed E-state index contributed by atoms with van der Waals surface area (Å²) in [6.45, 7) is 3.46. The summed E-state index contributed by atoms with van der Waals surface area (Å²) in [5.41, 5.74) is 1.26. The zero-order valence-corrected chi connectivity index (χ0v) is 15.0. The van der Waals surface area contributed by atoms with Gasteiger partial charge in [0, 0.05) is 32.2 Å². The minimum absolute atomic E-state index is 0.0908. The fourth-order valence-corrected chi connectivity index (χ4v) is 6.24. The normalized spacial score (nSPS) is 28.7. The Kier molecular flexibility index (Phi) is 4.31. The zero-order chi connectivity index (χ0) is 16.7. The van der Waals surface area contributed by atoms with Crippen molar-refractivity contribution >= 4 is 10.0 Å². The van der Waals surface area contributed by atoms with E-state index in [1.807, 2.05) is 16.4 Å². The molecule has 3 heterocycles. The van der Waals surface area contributed by atoms with E-state index >= 15 is 0 Å². The summed E-state index contributed by atoms with van der Waals surface area (Å²) in [7, 11) is -1.38. The maximum Gasteiger partial charge on any atom is 0.217 e. The lowest BCUT2D eigenvalue weighted by molar-refractivity contribution is 0.225. The Morgan fingerprint density at radius 3 is 2.46 bits per heavy atom. The molecule has 5 nitrogen and oxygen atoms in total. The molecule has 0 radical (unpaired) electrons. The number of methoxy groups -OCH3 is 1. The first-order chi connectivity index (χ1) is 11.6. The van der Waals surface area contributed by atoms with Crippen molar-refractivity contribution in [3.05, 3.63) is 29.8 Å². The highest BCUT2D eigenvalue weighted by Crippen LogP contribution is 2.37. The summed E-state index contributed by atoms with van der Waals surface area (Å²) in [5, 5.41) is -0.0908. The summed E-state index contributed by atoms with van der Waals surface area (Å²) in [4.78, 5) is 2.44. The minimum Gasteiger partial charge on any atom is -0.497 e. The van der Waals surface area contributed by atoms with E-state index in [0.717, 1.165) is 57.6 Å². The van der Waals surface area contributed by atoms with Gasteiger partial charge >= 0.3 is 0 Å². The van der Waals surface area contributed by atoms with Crippen molar-refractivity contribution in [2.24, 2.45) is 5.92 Å². The lowest BCUT2D eigenvalue weighted by Crippen LogP contribution is -2.48. The molecule has 132 valence electrons. The smallest absolute Gasteiger partial charge is 0.217 e. The van der Waals surface area contributed by atoms with E-state index in [1.54, 1.807) is 7.11 Å². The molecule has 4 fully saturated rings. The molecular weight excluding hydrogens is 324 g/mol.